The topological polar surface area (TPSA) is 64.4 Å². The van der Waals surface area contributed by atoms with Crippen LogP contribution in [-0.4, -0.2) is 17.1 Å². The van der Waals surface area contributed by atoms with Crippen LogP contribution in [0.2, 0.25) is 0 Å². The number of benzene rings is 1. The SMILES string of the molecule is Cc1noc(C)c1COc1ccc(C(=O)NC2CCCCC2)cc1. The second-order valence-corrected chi connectivity index (χ2v) is 6.42. The number of ether oxygens (including phenoxy) is 1. The summed E-state index contributed by atoms with van der Waals surface area (Å²) in [5.74, 6) is 1.50. The zero-order valence-electron chi connectivity index (χ0n) is 14.3. The van der Waals surface area contributed by atoms with Crippen molar-refractivity contribution in [2.24, 2.45) is 0 Å². The predicted molar refractivity (Wildman–Crippen MR) is 91.1 cm³/mol. The Morgan fingerprint density at radius 1 is 1.21 bits per heavy atom. The van der Waals surface area contributed by atoms with E-state index in [1.807, 2.05) is 26.0 Å². The molecule has 1 saturated carbocycles. The Kier molecular flexibility index (Phi) is 5.18. The maximum Gasteiger partial charge on any atom is 0.251 e. The van der Waals surface area contributed by atoms with Gasteiger partial charge in [0.1, 0.15) is 18.1 Å². The minimum Gasteiger partial charge on any atom is -0.489 e. The van der Waals surface area contributed by atoms with Crippen LogP contribution in [0.1, 0.15) is 59.5 Å². The van der Waals surface area contributed by atoms with E-state index >= 15 is 0 Å². The van der Waals surface area contributed by atoms with Gasteiger partial charge in [0.15, 0.2) is 0 Å². The number of aromatic nitrogens is 1. The van der Waals surface area contributed by atoms with Crippen LogP contribution in [0.4, 0.5) is 0 Å². The minimum absolute atomic E-state index is 0.000765. The molecule has 24 heavy (non-hydrogen) atoms. The number of carbonyl (C=O) groups excluding carboxylic acids is 1. The van der Waals surface area contributed by atoms with Crippen molar-refractivity contribution in [3.63, 3.8) is 0 Å². The summed E-state index contributed by atoms with van der Waals surface area (Å²) in [4.78, 5) is 12.3. The van der Waals surface area contributed by atoms with Gasteiger partial charge in [0.05, 0.1) is 11.3 Å². The lowest BCUT2D eigenvalue weighted by molar-refractivity contribution is 0.0927. The Hall–Kier alpha value is -2.30. The standard InChI is InChI=1S/C19H24N2O3/c1-13-18(14(2)24-21-13)12-23-17-10-8-15(9-11-17)19(22)20-16-6-4-3-5-7-16/h8-11,16H,3-7,12H2,1-2H3,(H,20,22). The molecule has 5 heteroatoms. The number of carbonyl (C=O) groups is 1. The molecule has 2 aromatic rings. The van der Waals surface area contributed by atoms with Crippen LogP contribution in [0, 0.1) is 13.8 Å². The molecule has 1 aliphatic rings. The van der Waals surface area contributed by atoms with Crippen LogP contribution in [0.15, 0.2) is 28.8 Å². The molecule has 1 N–H and O–H groups in total. The van der Waals surface area contributed by atoms with E-state index < -0.39 is 0 Å². The van der Waals surface area contributed by atoms with Crippen LogP contribution in [0.25, 0.3) is 0 Å². The monoisotopic (exact) mass is 328 g/mol. The van der Waals surface area contributed by atoms with Crippen molar-refractivity contribution in [2.75, 3.05) is 0 Å². The van der Waals surface area contributed by atoms with Crippen LogP contribution >= 0.6 is 0 Å². The summed E-state index contributed by atoms with van der Waals surface area (Å²) in [5, 5.41) is 7.04. The average Bonchev–Trinajstić information content (AvgIpc) is 2.92. The molecule has 0 spiro atoms. The van der Waals surface area contributed by atoms with Crippen LogP contribution in [-0.2, 0) is 6.61 Å². The van der Waals surface area contributed by atoms with Gasteiger partial charge < -0.3 is 14.6 Å². The molecule has 128 valence electrons. The van der Waals surface area contributed by atoms with E-state index in [-0.39, 0.29) is 5.91 Å². The van der Waals surface area contributed by atoms with E-state index in [9.17, 15) is 4.79 Å². The Morgan fingerprint density at radius 2 is 1.92 bits per heavy atom. The summed E-state index contributed by atoms with van der Waals surface area (Å²) in [6.07, 6.45) is 5.87. The summed E-state index contributed by atoms with van der Waals surface area (Å²) < 4.78 is 10.9. The largest absolute Gasteiger partial charge is 0.489 e. The normalized spacial score (nSPS) is 15.2. The fourth-order valence-corrected chi connectivity index (χ4v) is 3.08. The molecular weight excluding hydrogens is 304 g/mol. The van der Waals surface area contributed by atoms with E-state index in [1.165, 1.54) is 19.3 Å². The first kappa shape index (κ1) is 16.6. The maximum absolute atomic E-state index is 12.3. The van der Waals surface area contributed by atoms with Crippen molar-refractivity contribution in [2.45, 2.75) is 58.6 Å². The van der Waals surface area contributed by atoms with E-state index in [0.717, 1.165) is 35.6 Å². The maximum atomic E-state index is 12.3. The van der Waals surface area contributed by atoms with Gasteiger partial charge in [-0.25, -0.2) is 0 Å². The molecule has 1 aliphatic carbocycles. The number of hydrogen-bond donors (Lipinski definition) is 1. The Bertz CT molecular complexity index is 666. The first-order chi connectivity index (χ1) is 11.6. The third-order valence-electron chi connectivity index (χ3n) is 4.62. The van der Waals surface area contributed by atoms with Gasteiger partial charge >= 0.3 is 0 Å². The second-order valence-electron chi connectivity index (χ2n) is 6.42. The van der Waals surface area contributed by atoms with Crippen LogP contribution < -0.4 is 10.1 Å². The van der Waals surface area contributed by atoms with Crippen molar-refractivity contribution in [3.05, 3.63) is 46.8 Å². The predicted octanol–water partition coefficient (Wildman–Crippen LogP) is 3.93. The van der Waals surface area contributed by atoms with Gasteiger partial charge in [-0.3, -0.25) is 4.79 Å². The molecule has 0 unspecified atom stereocenters. The quantitative estimate of drug-likeness (QED) is 0.903. The Balaban J connectivity index is 1.55. The van der Waals surface area contributed by atoms with Gasteiger partial charge in [-0.15, -0.1) is 0 Å². The molecule has 1 fully saturated rings. The van der Waals surface area contributed by atoms with E-state index in [4.69, 9.17) is 9.26 Å². The van der Waals surface area contributed by atoms with Crippen molar-refractivity contribution in [3.8, 4) is 5.75 Å². The smallest absolute Gasteiger partial charge is 0.251 e. The lowest BCUT2D eigenvalue weighted by Crippen LogP contribution is -2.36. The van der Waals surface area contributed by atoms with E-state index in [1.54, 1.807) is 12.1 Å². The van der Waals surface area contributed by atoms with Gasteiger partial charge in [-0.1, -0.05) is 24.4 Å². The highest BCUT2D eigenvalue weighted by molar-refractivity contribution is 5.94. The van der Waals surface area contributed by atoms with Crippen molar-refractivity contribution in [1.29, 1.82) is 0 Å². The zero-order chi connectivity index (χ0) is 16.9. The summed E-state index contributed by atoms with van der Waals surface area (Å²) >= 11 is 0. The number of rotatable bonds is 5. The molecule has 0 radical (unpaired) electrons. The van der Waals surface area contributed by atoms with E-state index in [2.05, 4.69) is 10.5 Å². The Labute approximate surface area is 142 Å². The second kappa shape index (κ2) is 7.51. The molecule has 1 amide bonds. The number of nitrogens with zero attached hydrogens (tertiary/aromatic N) is 1. The minimum atomic E-state index is -0.000765. The first-order valence-corrected chi connectivity index (χ1v) is 8.59. The molecule has 3 rings (SSSR count). The highest BCUT2D eigenvalue weighted by Gasteiger charge is 2.16. The molecule has 0 aliphatic heterocycles. The third-order valence-corrected chi connectivity index (χ3v) is 4.62. The summed E-state index contributed by atoms with van der Waals surface area (Å²) in [6.45, 7) is 4.18. The average molecular weight is 328 g/mol. The van der Waals surface area contributed by atoms with Crippen molar-refractivity contribution < 1.29 is 14.1 Å². The number of nitrogens with one attached hydrogen (secondary N) is 1. The van der Waals surface area contributed by atoms with Gasteiger partial charge in [0.2, 0.25) is 0 Å². The molecule has 1 aromatic heterocycles. The molecule has 0 atom stereocenters. The van der Waals surface area contributed by atoms with Gasteiger partial charge in [0, 0.05) is 11.6 Å². The number of aryl methyl sites for hydroxylation is 2. The fraction of sp³-hybridized carbons (Fsp3) is 0.474. The number of hydrogen-bond acceptors (Lipinski definition) is 4. The molecular formula is C19H24N2O3. The van der Waals surface area contributed by atoms with E-state index in [0.29, 0.717) is 18.2 Å². The summed E-state index contributed by atoms with van der Waals surface area (Å²) in [5.41, 5.74) is 2.48. The lowest BCUT2D eigenvalue weighted by Gasteiger charge is -2.22. The van der Waals surface area contributed by atoms with Crippen molar-refractivity contribution >= 4 is 5.91 Å². The van der Waals surface area contributed by atoms with Crippen LogP contribution in [0.3, 0.4) is 0 Å². The van der Waals surface area contributed by atoms with Crippen molar-refractivity contribution in [1.82, 2.24) is 10.5 Å². The Morgan fingerprint density at radius 3 is 2.54 bits per heavy atom. The van der Waals surface area contributed by atoms with Crippen LogP contribution in [0.5, 0.6) is 5.75 Å². The first-order valence-electron chi connectivity index (χ1n) is 8.59. The molecule has 0 bridgehead atoms. The summed E-state index contributed by atoms with van der Waals surface area (Å²) in [7, 11) is 0. The van der Waals surface area contributed by atoms with Gasteiger partial charge in [-0.05, 0) is 51.0 Å². The number of amides is 1. The third kappa shape index (κ3) is 3.96. The molecule has 1 heterocycles. The molecule has 5 nitrogen and oxygen atoms in total. The lowest BCUT2D eigenvalue weighted by atomic mass is 9.95. The highest BCUT2D eigenvalue weighted by Crippen LogP contribution is 2.20. The molecule has 0 saturated heterocycles. The van der Waals surface area contributed by atoms with Gasteiger partial charge in [0.25, 0.3) is 5.91 Å². The fourth-order valence-electron chi connectivity index (χ4n) is 3.08. The highest BCUT2D eigenvalue weighted by atomic mass is 16.5. The molecule has 1 aromatic carbocycles. The van der Waals surface area contributed by atoms with Gasteiger partial charge in [-0.2, -0.15) is 0 Å². The summed E-state index contributed by atoms with van der Waals surface area (Å²) in [6, 6.07) is 7.59. The zero-order valence-corrected chi connectivity index (χ0v) is 14.3.